The zero-order valence-corrected chi connectivity index (χ0v) is 16.4. The number of nitrogens with zero attached hydrogens (tertiary/aromatic N) is 3. The molecule has 1 aromatic carbocycles. The molecule has 0 aliphatic heterocycles. The number of thiazole rings is 1. The molecule has 3 heterocycles. The maximum absolute atomic E-state index is 12.4. The summed E-state index contributed by atoms with van der Waals surface area (Å²) in [5.74, 6) is 0.841. The summed E-state index contributed by atoms with van der Waals surface area (Å²) in [6.45, 7) is 4.52. The molecule has 0 bridgehead atoms. The molecule has 0 atom stereocenters. The average Bonchev–Trinajstić information content (AvgIpc) is 3.33. The molecule has 4 aromatic rings. The number of ether oxygens (including phenoxy) is 1. The molecule has 1 amide bonds. The van der Waals surface area contributed by atoms with Gasteiger partial charge in [0.1, 0.15) is 18.0 Å². The molecular formula is C21H20N4O2S. The lowest BCUT2D eigenvalue weighted by atomic mass is 10.2. The lowest BCUT2D eigenvalue weighted by Crippen LogP contribution is -2.11. The molecule has 3 aromatic heterocycles. The smallest absolute Gasteiger partial charge is 0.257 e. The van der Waals surface area contributed by atoms with Crippen molar-refractivity contribution in [3.8, 4) is 5.75 Å². The molecule has 4 rings (SSSR count). The predicted molar refractivity (Wildman–Crippen MR) is 110 cm³/mol. The normalized spacial score (nSPS) is 11.1. The van der Waals surface area contributed by atoms with E-state index in [1.807, 2.05) is 40.4 Å². The fraction of sp³-hybridized carbons (Fsp3) is 0.190. The number of hydrogen-bond donors (Lipinski definition) is 1. The molecular weight excluding hydrogens is 372 g/mol. The summed E-state index contributed by atoms with van der Waals surface area (Å²) >= 11 is 1.43. The van der Waals surface area contributed by atoms with E-state index in [2.05, 4.69) is 29.1 Å². The number of carbonyl (C=O) groups excluding carboxylic acids is 1. The second kappa shape index (κ2) is 7.82. The Kier molecular flexibility index (Phi) is 5.08. The van der Waals surface area contributed by atoms with Gasteiger partial charge in [-0.3, -0.25) is 10.1 Å². The number of imidazole rings is 1. The van der Waals surface area contributed by atoms with E-state index in [1.165, 1.54) is 11.3 Å². The van der Waals surface area contributed by atoms with Gasteiger partial charge in [0.05, 0.1) is 11.4 Å². The first kappa shape index (κ1) is 18.2. The number of pyridine rings is 1. The maximum Gasteiger partial charge on any atom is 0.257 e. The van der Waals surface area contributed by atoms with Gasteiger partial charge in [-0.05, 0) is 42.3 Å². The fourth-order valence-electron chi connectivity index (χ4n) is 2.69. The van der Waals surface area contributed by atoms with Gasteiger partial charge >= 0.3 is 0 Å². The average molecular weight is 392 g/mol. The minimum atomic E-state index is -0.184. The Morgan fingerprint density at radius 1 is 1.18 bits per heavy atom. The lowest BCUT2D eigenvalue weighted by molar-refractivity contribution is 0.102. The van der Waals surface area contributed by atoms with E-state index >= 15 is 0 Å². The van der Waals surface area contributed by atoms with Crippen LogP contribution in [0.25, 0.3) is 5.65 Å². The minimum Gasteiger partial charge on any atom is -0.487 e. The van der Waals surface area contributed by atoms with Crippen LogP contribution >= 0.6 is 11.3 Å². The highest BCUT2D eigenvalue weighted by Crippen LogP contribution is 2.22. The Labute approximate surface area is 166 Å². The van der Waals surface area contributed by atoms with Crippen LogP contribution in [-0.2, 0) is 6.61 Å². The van der Waals surface area contributed by atoms with Crippen molar-refractivity contribution in [3.05, 3.63) is 77.2 Å². The van der Waals surface area contributed by atoms with Gasteiger partial charge in [0, 0.05) is 23.3 Å². The number of fused-ring (bicyclic) bond motifs is 1. The number of amides is 1. The Morgan fingerprint density at radius 2 is 2.00 bits per heavy atom. The second-order valence-electron chi connectivity index (χ2n) is 6.70. The topological polar surface area (TPSA) is 68.5 Å². The molecule has 6 nitrogen and oxygen atoms in total. The molecule has 0 saturated heterocycles. The third-order valence-electron chi connectivity index (χ3n) is 4.25. The Hall–Kier alpha value is -3.19. The standard InChI is InChI=1S/C21H20N4O2S/c1-14(2)18-13-28-21(23-18)24-20(26)15-6-8-17(9-7-15)27-12-16-11-25-10-4-3-5-19(25)22-16/h3-11,13-14H,12H2,1-2H3,(H,23,24,26). The quantitative estimate of drug-likeness (QED) is 0.514. The van der Waals surface area contributed by atoms with E-state index in [-0.39, 0.29) is 5.91 Å². The molecule has 0 spiro atoms. The first-order chi connectivity index (χ1) is 13.6. The van der Waals surface area contributed by atoms with Crippen LogP contribution in [0.1, 0.15) is 41.5 Å². The third kappa shape index (κ3) is 4.04. The van der Waals surface area contributed by atoms with Gasteiger partial charge in [0.2, 0.25) is 0 Å². The van der Waals surface area contributed by atoms with Crippen LogP contribution in [0.3, 0.4) is 0 Å². The molecule has 0 unspecified atom stereocenters. The lowest BCUT2D eigenvalue weighted by Gasteiger charge is -2.06. The molecule has 0 saturated carbocycles. The molecule has 0 aliphatic rings. The molecule has 7 heteroatoms. The molecule has 0 fully saturated rings. The van der Waals surface area contributed by atoms with Crippen LogP contribution in [-0.4, -0.2) is 20.3 Å². The van der Waals surface area contributed by atoms with Crippen molar-refractivity contribution in [2.24, 2.45) is 0 Å². The van der Waals surface area contributed by atoms with Crippen molar-refractivity contribution in [1.29, 1.82) is 0 Å². The highest BCUT2D eigenvalue weighted by molar-refractivity contribution is 7.14. The SMILES string of the molecule is CC(C)c1csc(NC(=O)c2ccc(OCc3cn4ccccc4n3)cc2)n1. The number of anilines is 1. The summed E-state index contributed by atoms with van der Waals surface area (Å²) in [6.07, 6.45) is 3.89. The van der Waals surface area contributed by atoms with Crippen molar-refractivity contribution >= 4 is 28.0 Å². The molecule has 0 radical (unpaired) electrons. The molecule has 1 N–H and O–H groups in total. The second-order valence-corrected chi connectivity index (χ2v) is 7.56. The Morgan fingerprint density at radius 3 is 2.71 bits per heavy atom. The molecule has 142 valence electrons. The van der Waals surface area contributed by atoms with E-state index < -0.39 is 0 Å². The van der Waals surface area contributed by atoms with E-state index in [4.69, 9.17) is 4.74 Å². The van der Waals surface area contributed by atoms with Crippen LogP contribution in [0.5, 0.6) is 5.75 Å². The first-order valence-electron chi connectivity index (χ1n) is 9.01. The van der Waals surface area contributed by atoms with Crippen LogP contribution in [0, 0.1) is 0 Å². The third-order valence-corrected chi connectivity index (χ3v) is 5.03. The highest BCUT2D eigenvalue weighted by Gasteiger charge is 2.11. The number of hydrogen-bond acceptors (Lipinski definition) is 5. The Bertz CT molecular complexity index is 1070. The van der Waals surface area contributed by atoms with Crippen LogP contribution < -0.4 is 10.1 Å². The van der Waals surface area contributed by atoms with Gasteiger partial charge in [0.25, 0.3) is 5.91 Å². The number of carbonyl (C=O) groups is 1. The van der Waals surface area contributed by atoms with Crippen molar-refractivity contribution in [3.63, 3.8) is 0 Å². The monoisotopic (exact) mass is 392 g/mol. The summed E-state index contributed by atoms with van der Waals surface area (Å²) in [4.78, 5) is 21.3. The Balaban J connectivity index is 1.36. The number of benzene rings is 1. The van der Waals surface area contributed by atoms with Gasteiger partial charge in [0.15, 0.2) is 5.13 Å². The van der Waals surface area contributed by atoms with Gasteiger partial charge < -0.3 is 9.14 Å². The van der Waals surface area contributed by atoms with Crippen LogP contribution in [0.2, 0.25) is 0 Å². The van der Waals surface area contributed by atoms with E-state index in [1.54, 1.807) is 24.3 Å². The van der Waals surface area contributed by atoms with Gasteiger partial charge in [-0.2, -0.15) is 0 Å². The summed E-state index contributed by atoms with van der Waals surface area (Å²) in [5, 5.41) is 5.42. The number of nitrogens with one attached hydrogen (secondary N) is 1. The zero-order valence-electron chi connectivity index (χ0n) is 15.6. The van der Waals surface area contributed by atoms with Crippen molar-refractivity contribution in [1.82, 2.24) is 14.4 Å². The summed E-state index contributed by atoms with van der Waals surface area (Å²) < 4.78 is 7.74. The van der Waals surface area contributed by atoms with Crippen molar-refractivity contribution < 1.29 is 9.53 Å². The van der Waals surface area contributed by atoms with E-state index in [9.17, 15) is 4.79 Å². The van der Waals surface area contributed by atoms with Crippen molar-refractivity contribution in [2.75, 3.05) is 5.32 Å². The van der Waals surface area contributed by atoms with Crippen LogP contribution in [0.15, 0.2) is 60.2 Å². The van der Waals surface area contributed by atoms with Gasteiger partial charge in [-0.25, -0.2) is 9.97 Å². The van der Waals surface area contributed by atoms with Gasteiger partial charge in [-0.1, -0.05) is 19.9 Å². The van der Waals surface area contributed by atoms with E-state index in [0.29, 0.717) is 29.0 Å². The number of rotatable bonds is 6. The zero-order chi connectivity index (χ0) is 19.5. The largest absolute Gasteiger partial charge is 0.487 e. The van der Waals surface area contributed by atoms with Crippen molar-refractivity contribution in [2.45, 2.75) is 26.4 Å². The van der Waals surface area contributed by atoms with Gasteiger partial charge in [-0.15, -0.1) is 11.3 Å². The molecule has 0 aliphatic carbocycles. The minimum absolute atomic E-state index is 0.184. The number of aromatic nitrogens is 3. The van der Waals surface area contributed by atoms with Crippen LogP contribution in [0.4, 0.5) is 5.13 Å². The highest BCUT2D eigenvalue weighted by atomic mass is 32.1. The molecule has 28 heavy (non-hydrogen) atoms. The maximum atomic E-state index is 12.4. The summed E-state index contributed by atoms with van der Waals surface area (Å²) in [6, 6.07) is 12.9. The predicted octanol–water partition coefficient (Wildman–Crippen LogP) is 4.75. The summed E-state index contributed by atoms with van der Waals surface area (Å²) in [5.41, 5.74) is 3.27. The summed E-state index contributed by atoms with van der Waals surface area (Å²) in [7, 11) is 0. The fourth-order valence-corrected chi connectivity index (χ4v) is 3.56. The van der Waals surface area contributed by atoms with E-state index in [0.717, 1.165) is 17.0 Å². The first-order valence-corrected chi connectivity index (χ1v) is 9.89.